The molecule has 7 heteroatoms. The van der Waals surface area contributed by atoms with Crippen LogP contribution in [0.15, 0.2) is 18.5 Å². The molecule has 2 aromatic rings. The van der Waals surface area contributed by atoms with E-state index in [4.69, 9.17) is 28.3 Å². The number of carboxylic acid groups (broad SMARTS) is 1. The maximum atomic E-state index is 10.9. The molecular formula is C13H13Cl2N3O2. The van der Waals surface area contributed by atoms with Gasteiger partial charge in [-0.2, -0.15) is 0 Å². The van der Waals surface area contributed by atoms with Crippen LogP contribution in [0.4, 0.5) is 0 Å². The molecule has 1 aliphatic heterocycles. The van der Waals surface area contributed by atoms with E-state index in [9.17, 15) is 4.79 Å². The number of imidazole rings is 1. The highest BCUT2D eigenvalue weighted by Crippen LogP contribution is 2.23. The number of likely N-dealkylation sites (tertiary alicyclic amines) is 1. The van der Waals surface area contributed by atoms with E-state index in [2.05, 4.69) is 9.88 Å². The smallest absolute Gasteiger partial charge is 0.307 e. The molecule has 2 aromatic heterocycles. The molecule has 1 atom stereocenters. The largest absolute Gasteiger partial charge is 0.481 e. The van der Waals surface area contributed by atoms with Crippen molar-refractivity contribution >= 4 is 34.8 Å². The molecule has 3 rings (SSSR count). The zero-order valence-corrected chi connectivity index (χ0v) is 12.1. The van der Waals surface area contributed by atoms with Crippen molar-refractivity contribution in [3.8, 4) is 0 Å². The number of halogens is 2. The maximum Gasteiger partial charge on any atom is 0.307 e. The summed E-state index contributed by atoms with van der Waals surface area (Å²) in [7, 11) is 0. The predicted octanol–water partition coefficient (Wildman–Crippen LogP) is 2.55. The van der Waals surface area contributed by atoms with E-state index in [0.717, 1.165) is 12.2 Å². The van der Waals surface area contributed by atoms with Crippen LogP contribution in [0.25, 0.3) is 5.65 Å². The van der Waals surface area contributed by atoms with E-state index in [1.165, 1.54) is 0 Å². The number of pyridine rings is 1. The van der Waals surface area contributed by atoms with Crippen LogP contribution in [-0.4, -0.2) is 38.4 Å². The van der Waals surface area contributed by atoms with Gasteiger partial charge in [0.25, 0.3) is 0 Å². The third kappa shape index (κ3) is 2.61. The van der Waals surface area contributed by atoms with E-state index in [1.54, 1.807) is 16.7 Å². The van der Waals surface area contributed by atoms with Crippen LogP contribution in [0.1, 0.15) is 12.1 Å². The van der Waals surface area contributed by atoms with Gasteiger partial charge in [0.05, 0.1) is 21.7 Å². The average Bonchev–Trinajstić information content (AvgIpc) is 2.96. The standard InChI is InChI=1S/C13H13Cl2N3O2/c14-9-3-11(15)12-16-10(7-18(12)5-9)6-17-2-1-8(4-17)13(19)20/h3,5,7-8H,1-2,4,6H2,(H,19,20). The van der Waals surface area contributed by atoms with Crippen molar-refractivity contribution in [3.05, 3.63) is 34.2 Å². The SMILES string of the molecule is O=C(O)C1CCN(Cc2cn3cc(Cl)cc(Cl)c3n2)C1. The Labute approximate surface area is 125 Å². The Hall–Kier alpha value is -1.30. The lowest BCUT2D eigenvalue weighted by Gasteiger charge is -2.12. The Kier molecular flexibility index (Phi) is 3.58. The number of carbonyl (C=O) groups is 1. The average molecular weight is 314 g/mol. The number of nitrogens with zero attached hydrogens (tertiary/aromatic N) is 3. The van der Waals surface area contributed by atoms with Gasteiger partial charge in [0.2, 0.25) is 0 Å². The number of aliphatic carboxylic acids is 1. The molecule has 106 valence electrons. The van der Waals surface area contributed by atoms with Gasteiger partial charge in [-0.05, 0) is 19.0 Å². The van der Waals surface area contributed by atoms with E-state index in [0.29, 0.717) is 35.2 Å². The molecule has 0 aromatic carbocycles. The monoisotopic (exact) mass is 313 g/mol. The Morgan fingerprint density at radius 1 is 1.45 bits per heavy atom. The molecule has 0 bridgehead atoms. The third-order valence-corrected chi connectivity index (χ3v) is 4.01. The summed E-state index contributed by atoms with van der Waals surface area (Å²) < 4.78 is 1.80. The first-order valence-corrected chi connectivity index (χ1v) is 7.06. The number of aromatic nitrogens is 2. The van der Waals surface area contributed by atoms with Gasteiger partial charge in [-0.15, -0.1) is 0 Å². The van der Waals surface area contributed by atoms with Gasteiger partial charge in [-0.3, -0.25) is 9.69 Å². The molecule has 5 nitrogen and oxygen atoms in total. The molecule has 1 unspecified atom stereocenters. The van der Waals surface area contributed by atoms with E-state index < -0.39 is 5.97 Å². The van der Waals surface area contributed by atoms with Gasteiger partial charge in [0.15, 0.2) is 5.65 Å². The van der Waals surface area contributed by atoms with Gasteiger partial charge >= 0.3 is 5.97 Å². The third-order valence-electron chi connectivity index (χ3n) is 3.53. The minimum Gasteiger partial charge on any atom is -0.481 e. The van der Waals surface area contributed by atoms with Gasteiger partial charge in [0.1, 0.15) is 0 Å². The second-order valence-electron chi connectivity index (χ2n) is 5.03. The molecule has 3 heterocycles. The topological polar surface area (TPSA) is 57.8 Å². The first-order valence-electron chi connectivity index (χ1n) is 6.31. The predicted molar refractivity (Wildman–Crippen MR) is 76.2 cm³/mol. The van der Waals surface area contributed by atoms with Crippen molar-refractivity contribution in [2.75, 3.05) is 13.1 Å². The number of carboxylic acids is 1. The van der Waals surface area contributed by atoms with E-state index in [1.807, 2.05) is 6.20 Å². The molecule has 1 saturated heterocycles. The molecular weight excluding hydrogens is 301 g/mol. The van der Waals surface area contributed by atoms with Crippen LogP contribution in [0.2, 0.25) is 10.0 Å². The minimum atomic E-state index is -0.725. The fraction of sp³-hybridized carbons (Fsp3) is 0.385. The zero-order valence-electron chi connectivity index (χ0n) is 10.6. The molecule has 1 aliphatic rings. The van der Waals surface area contributed by atoms with Crippen LogP contribution in [0, 0.1) is 5.92 Å². The summed E-state index contributed by atoms with van der Waals surface area (Å²) in [5, 5.41) is 10.1. The number of hydrogen-bond donors (Lipinski definition) is 1. The summed E-state index contributed by atoms with van der Waals surface area (Å²) in [5.74, 6) is -0.998. The lowest BCUT2D eigenvalue weighted by Crippen LogP contribution is -2.22. The highest BCUT2D eigenvalue weighted by molar-refractivity contribution is 6.36. The number of fused-ring (bicyclic) bond motifs is 1. The van der Waals surface area contributed by atoms with Crippen LogP contribution >= 0.6 is 23.2 Å². The quantitative estimate of drug-likeness (QED) is 0.946. The van der Waals surface area contributed by atoms with Crippen LogP contribution < -0.4 is 0 Å². The summed E-state index contributed by atoms with van der Waals surface area (Å²) in [5.41, 5.74) is 1.53. The van der Waals surface area contributed by atoms with Crippen molar-refractivity contribution in [3.63, 3.8) is 0 Å². The summed E-state index contributed by atoms with van der Waals surface area (Å²) in [4.78, 5) is 17.5. The lowest BCUT2D eigenvalue weighted by molar-refractivity contribution is -0.141. The number of rotatable bonds is 3. The summed E-state index contributed by atoms with van der Waals surface area (Å²) in [6, 6.07) is 1.66. The van der Waals surface area contributed by atoms with Crippen molar-refractivity contribution in [2.24, 2.45) is 5.92 Å². The normalized spacial score (nSPS) is 19.8. The van der Waals surface area contributed by atoms with Crippen LogP contribution in [0.3, 0.4) is 0 Å². The second kappa shape index (κ2) is 5.24. The van der Waals surface area contributed by atoms with Crippen molar-refractivity contribution < 1.29 is 9.90 Å². The summed E-state index contributed by atoms with van der Waals surface area (Å²) in [6.45, 7) is 1.97. The van der Waals surface area contributed by atoms with Crippen molar-refractivity contribution in [1.82, 2.24) is 14.3 Å². The Balaban J connectivity index is 1.79. The second-order valence-corrected chi connectivity index (χ2v) is 5.87. The van der Waals surface area contributed by atoms with Gasteiger partial charge in [-0.25, -0.2) is 4.98 Å². The number of hydrogen-bond acceptors (Lipinski definition) is 3. The van der Waals surface area contributed by atoms with Gasteiger partial charge in [-0.1, -0.05) is 23.2 Å². The van der Waals surface area contributed by atoms with Crippen LogP contribution in [0.5, 0.6) is 0 Å². The fourth-order valence-corrected chi connectivity index (χ4v) is 3.09. The molecule has 20 heavy (non-hydrogen) atoms. The van der Waals surface area contributed by atoms with Crippen molar-refractivity contribution in [2.45, 2.75) is 13.0 Å². The highest BCUT2D eigenvalue weighted by Gasteiger charge is 2.28. The maximum absolute atomic E-state index is 10.9. The van der Waals surface area contributed by atoms with Gasteiger partial charge < -0.3 is 9.51 Å². The van der Waals surface area contributed by atoms with E-state index in [-0.39, 0.29) is 5.92 Å². The Bertz CT molecular complexity index is 671. The lowest BCUT2D eigenvalue weighted by atomic mass is 10.1. The Morgan fingerprint density at radius 2 is 2.25 bits per heavy atom. The van der Waals surface area contributed by atoms with E-state index >= 15 is 0 Å². The molecule has 0 spiro atoms. The molecule has 1 N–H and O–H groups in total. The first kappa shape index (κ1) is 13.7. The zero-order chi connectivity index (χ0) is 14.3. The molecule has 1 fully saturated rings. The van der Waals surface area contributed by atoms with Crippen LogP contribution in [-0.2, 0) is 11.3 Å². The molecule has 0 saturated carbocycles. The fourth-order valence-electron chi connectivity index (χ4n) is 2.56. The molecule has 0 amide bonds. The van der Waals surface area contributed by atoms with Gasteiger partial charge in [0, 0.05) is 25.5 Å². The highest BCUT2D eigenvalue weighted by atomic mass is 35.5. The molecule has 0 aliphatic carbocycles. The summed E-state index contributed by atoms with van der Waals surface area (Å²) >= 11 is 12.0. The Morgan fingerprint density at radius 3 is 2.95 bits per heavy atom. The summed E-state index contributed by atoms with van der Waals surface area (Å²) in [6.07, 6.45) is 4.32. The molecule has 0 radical (unpaired) electrons. The first-order chi connectivity index (χ1) is 9.52. The van der Waals surface area contributed by atoms with Crippen molar-refractivity contribution in [1.29, 1.82) is 0 Å². The minimum absolute atomic E-state index is 0.273.